The first-order valence-corrected chi connectivity index (χ1v) is 5.82. The van der Waals surface area contributed by atoms with Crippen LogP contribution in [0.2, 0.25) is 0 Å². The molecule has 0 unspecified atom stereocenters. The lowest BCUT2D eigenvalue weighted by Crippen LogP contribution is -2.33. The smallest absolute Gasteiger partial charge is 0.221 e. The van der Waals surface area contributed by atoms with Gasteiger partial charge < -0.3 is 10.6 Å². The largest absolute Gasteiger partial charge is 0.355 e. The number of carbonyl (C=O) groups is 1. The molecule has 1 aromatic heterocycles. The standard InChI is InChI=1S/C11H18N4O/c16-11(4-9-15-8-1-5-14-15)13-7-6-12-10-2-3-10/h1,5,8,10,12H,2-4,6-7,9H2,(H,13,16). The molecule has 0 radical (unpaired) electrons. The summed E-state index contributed by atoms with van der Waals surface area (Å²) >= 11 is 0. The molecule has 0 spiro atoms. The van der Waals surface area contributed by atoms with E-state index < -0.39 is 0 Å². The molecule has 0 atom stereocenters. The SMILES string of the molecule is O=C(CCn1cccn1)NCCNC1CC1. The lowest BCUT2D eigenvalue weighted by Gasteiger charge is -2.06. The van der Waals surface area contributed by atoms with Gasteiger partial charge in [-0.2, -0.15) is 5.10 Å². The molecule has 16 heavy (non-hydrogen) atoms. The average molecular weight is 222 g/mol. The summed E-state index contributed by atoms with van der Waals surface area (Å²) in [5, 5.41) is 10.3. The second-order valence-electron chi connectivity index (χ2n) is 4.10. The van der Waals surface area contributed by atoms with E-state index in [-0.39, 0.29) is 5.91 Å². The number of rotatable bonds is 7. The second-order valence-corrected chi connectivity index (χ2v) is 4.10. The van der Waals surface area contributed by atoms with Gasteiger partial charge in [-0.15, -0.1) is 0 Å². The Morgan fingerprint density at radius 1 is 1.44 bits per heavy atom. The Hall–Kier alpha value is -1.36. The van der Waals surface area contributed by atoms with E-state index in [0.717, 1.165) is 6.54 Å². The number of hydrogen-bond acceptors (Lipinski definition) is 3. The Labute approximate surface area is 95.2 Å². The van der Waals surface area contributed by atoms with Crippen molar-refractivity contribution in [3.63, 3.8) is 0 Å². The highest BCUT2D eigenvalue weighted by atomic mass is 16.1. The van der Waals surface area contributed by atoms with Gasteiger partial charge in [-0.25, -0.2) is 0 Å². The van der Waals surface area contributed by atoms with Crippen molar-refractivity contribution in [1.82, 2.24) is 20.4 Å². The molecular formula is C11H18N4O. The van der Waals surface area contributed by atoms with Crippen LogP contribution in [0.4, 0.5) is 0 Å². The quantitative estimate of drug-likeness (QED) is 0.645. The normalized spacial score (nSPS) is 15.0. The number of hydrogen-bond donors (Lipinski definition) is 2. The van der Waals surface area contributed by atoms with Crippen LogP contribution in [0.1, 0.15) is 19.3 Å². The molecule has 2 N–H and O–H groups in total. The highest BCUT2D eigenvalue weighted by Crippen LogP contribution is 2.17. The maximum Gasteiger partial charge on any atom is 0.221 e. The van der Waals surface area contributed by atoms with Crippen molar-refractivity contribution < 1.29 is 4.79 Å². The fourth-order valence-electron chi connectivity index (χ4n) is 1.50. The molecule has 1 fully saturated rings. The molecule has 1 heterocycles. The Balaban J connectivity index is 1.50. The topological polar surface area (TPSA) is 59.0 Å². The van der Waals surface area contributed by atoms with Crippen molar-refractivity contribution in [2.45, 2.75) is 31.8 Å². The molecule has 1 aliphatic rings. The van der Waals surface area contributed by atoms with Gasteiger partial charge in [0, 0.05) is 44.5 Å². The van der Waals surface area contributed by atoms with Crippen LogP contribution in [0.25, 0.3) is 0 Å². The first-order chi connectivity index (χ1) is 7.84. The van der Waals surface area contributed by atoms with Crippen LogP contribution in [0, 0.1) is 0 Å². The van der Waals surface area contributed by atoms with Gasteiger partial charge in [0.05, 0.1) is 0 Å². The van der Waals surface area contributed by atoms with Crippen LogP contribution in [-0.4, -0.2) is 34.8 Å². The van der Waals surface area contributed by atoms with Crippen LogP contribution in [0.15, 0.2) is 18.5 Å². The monoisotopic (exact) mass is 222 g/mol. The van der Waals surface area contributed by atoms with E-state index in [1.54, 1.807) is 10.9 Å². The molecule has 1 aromatic rings. The van der Waals surface area contributed by atoms with E-state index in [4.69, 9.17) is 0 Å². The second kappa shape index (κ2) is 5.65. The minimum Gasteiger partial charge on any atom is -0.355 e. The Morgan fingerprint density at radius 3 is 3.00 bits per heavy atom. The molecule has 1 aliphatic carbocycles. The van der Waals surface area contributed by atoms with Crippen molar-refractivity contribution in [1.29, 1.82) is 0 Å². The maximum absolute atomic E-state index is 11.4. The van der Waals surface area contributed by atoms with E-state index in [9.17, 15) is 4.79 Å². The third-order valence-corrected chi connectivity index (χ3v) is 2.58. The van der Waals surface area contributed by atoms with Crippen LogP contribution < -0.4 is 10.6 Å². The number of carbonyl (C=O) groups excluding carboxylic acids is 1. The van der Waals surface area contributed by atoms with Gasteiger partial charge >= 0.3 is 0 Å². The first-order valence-electron chi connectivity index (χ1n) is 5.82. The van der Waals surface area contributed by atoms with Gasteiger partial charge in [0.15, 0.2) is 0 Å². The highest BCUT2D eigenvalue weighted by molar-refractivity contribution is 5.75. The molecule has 5 nitrogen and oxygen atoms in total. The maximum atomic E-state index is 11.4. The van der Waals surface area contributed by atoms with E-state index in [0.29, 0.717) is 25.6 Å². The van der Waals surface area contributed by atoms with Crippen molar-refractivity contribution >= 4 is 5.91 Å². The lowest BCUT2D eigenvalue weighted by molar-refractivity contribution is -0.121. The number of nitrogens with zero attached hydrogens (tertiary/aromatic N) is 2. The number of amides is 1. The highest BCUT2D eigenvalue weighted by Gasteiger charge is 2.19. The summed E-state index contributed by atoms with van der Waals surface area (Å²) in [5.41, 5.74) is 0. The number of nitrogens with one attached hydrogen (secondary N) is 2. The Morgan fingerprint density at radius 2 is 2.31 bits per heavy atom. The van der Waals surface area contributed by atoms with Gasteiger partial charge in [-0.05, 0) is 18.9 Å². The van der Waals surface area contributed by atoms with E-state index in [1.807, 2.05) is 12.3 Å². The number of aryl methyl sites for hydroxylation is 1. The van der Waals surface area contributed by atoms with Crippen molar-refractivity contribution in [2.75, 3.05) is 13.1 Å². The van der Waals surface area contributed by atoms with Crippen LogP contribution in [0.3, 0.4) is 0 Å². The van der Waals surface area contributed by atoms with Crippen molar-refractivity contribution in [3.8, 4) is 0 Å². The fourth-order valence-corrected chi connectivity index (χ4v) is 1.50. The molecule has 2 rings (SSSR count). The van der Waals surface area contributed by atoms with Gasteiger partial charge in [0.25, 0.3) is 0 Å². The minimum atomic E-state index is 0.0908. The van der Waals surface area contributed by atoms with Gasteiger partial charge in [0.1, 0.15) is 0 Å². The zero-order chi connectivity index (χ0) is 11.2. The number of aromatic nitrogens is 2. The van der Waals surface area contributed by atoms with Crippen molar-refractivity contribution in [2.24, 2.45) is 0 Å². The van der Waals surface area contributed by atoms with E-state index in [2.05, 4.69) is 15.7 Å². The first kappa shape index (κ1) is 11.1. The summed E-state index contributed by atoms with van der Waals surface area (Å²) < 4.78 is 1.77. The third-order valence-electron chi connectivity index (χ3n) is 2.58. The summed E-state index contributed by atoms with van der Waals surface area (Å²) in [6.07, 6.45) is 6.64. The molecule has 0 saturated heterocycles. The summed E-state index contributed by atoms with van der Waals surface area (Å²) in [7, 11) is 0. The summed E-state index contributed by atoms with van der Waals surface area (Å²) in [6, 6.07) is 2.57. The van der Waals surface area contributed by atoms with Crippen LogP contribution >= 0.6 is 0 Å². The summed E-state index contributed by atoms with van der Waals surface area (Å²) in [5.74, 6) is 0.0908. The molecular weight excluding hydrogens is 204 g/mol. The van der Waals surface area contributed by atoms with Gasteiger partial charge in [-0.3, -0.25) is 9.48 Å². The van der Waals surface area contributed by atoms with Gasteiger partial charge in [-0.1, -0.05) is 0 Å². The van der Waals surface area contributed by atoms with Gasteiger partial charge in [0.2, 0.25) is 5.91 Å². The molecule has 0 aromatic carbocycles. The fraction of sp³-hybridized carbons (Fsp3) is 0.636. The van der Waals surface area contributed by atoms with E-state index in [1.165, 1.54) is 12.8 Å². The molecule has 88 valence electrons. The molecule has 0 aliphatic heterocycles. The Bertz CT molecular complexity index is 319. The van der Waals surface area contributed by atoms with E-state index >= 15 is 0 Å². The van der Waals surface area contributed by atoms with Crippen LogP contribution in [0.5, 0.6) is 0 Å². The third kappa shape index (κ3) is 4.02. The predicted octanol–water partition coefficient (Wildman–Crippen LogP) is 0.141. The predicted molar refractivity (Wildman–Crippen MR) is 60.9 cm³/mol. The zero-order valence-electron chi connectivity index (χ0n) is 9.35. The summed E-state index contributed by atoms with van der Waals surface area (Å²) in [6.45, 7) is 2.24. The molecule has 0 bridgehead atoms. The average Bonchev–Trinajstić information content (AvgIpc) is 2.96. The molecule has 1 amide bonds. The molecule has 1 saturated carbocycles. The molecule has 5 heteroatoms. The summed E-state index contributed by atoms with van der Waals surface area (Å²) in [4.78, 5) is 11.4. The zero-order valence-corrected chi connectivity index (χ0v) is 9.35. The lowest BCUT2D eigenvalue weighted by atomic mass is 10.4. The Kier molecular flexibility index (Phi) is 3.93. The minimum absolute atomic E-state index is 0.0908. The van der Waals surface area contributed by atoms with Crippen molar-refractivity contribution in [3.05, 3.63) is 18.5 Å². The van der Waals surface area contributed by atoms with Crippen LogP contribution in [-0.2, 0) is 11.3 Å².